The number of nitrogens with zero attached hydrogens (tertiary/aromatic N) is 1. The number of hydrogen-bond acceptors (Lipinski definition) is 3. The van der Waals surface area contributed by atoms with Gasteiger partial charge < -0.3 is 10.4 Å². The molecule has 1 heterocycles. The van der Waals surface area contributed by atoms with Crippen LogP contribution < -0.4 is 5.32 Å². The van der Waals surface area contributed by atoms with E-state index in [0.717, 1.165) is 19.3 Å². The van der Waals surface area contributed by atoms with Gasteiger partial charge in [0.05, 0.1) is 5.37 Å². The van der Waals surface area contributed by atoms with Crippen molar-refractivity contribution in [1.29, 1.82) is 0 Å². The van der Waals surface area contributed by atoms with Crippen LogP contribution >= 0.6 is 11.8 Å². The quantitative estimate of drug-likeness (QED) is 0.817. The van der Waals surface area contributed by atoms with E-state index in [9.17, 15) is 9.59 Å². The van der Waals surface area contributed by atoms with Crippen LogP contribution in [0.5, 0.6) is 0 Å². The first kappa shape index (κ1) is 13.5. The third kappa shape index (κ3) is 2.58. The van der Waals surface area contributed by atoms with Crippen LogP contribution in [0.15, 0.2) is 0 Å². The molecular formula is C12H20N2O3S. The van der Waals surface area contributed by atoms with E-state index in [0.29, 0.717) is 11.7 Å². The minimum atomic E-state index is -0.906. The smallest absolute Gasteiger partial charge is 0.327 e. The molecule has 2 rings (SSSR count). The van der Waals surface area contributed by atoms with Crippen molar-refractivity contribution >= 4 is 23.8 Å². The van der Waals surface area contributed by atoms with Gasteiger partial charge in [0, 0.05) is 11.8 Å². The Morgan fingerprint density at radius 3 is 2.61 bits per heavy atom. The van der Waals surface area contributed by atoms with Crippen LogP contribution in [0.4, 0.5) is 4.79 Å². The first-order valence-corrected chi connectivity index (χ1v) is 7.56. The summed E-state index contributed by atoms with van der Waals surface area (Å²) in [4.78, 5) is 24.9. The average Bonchev–Trinajstić information content (AvgIpc) is 2.93. The van der Waals surface area contributed by atoms with Crippen molar-refractivity contribution < 1.29 is 14.7 Å². The molecule has 4 atom stereocenters. The number of amides is 2. The number of carbonyl (C=O) groups excluding carboxylic acids is 1. The summed E-state index contributed by atoms with van der Waals surface area (Å²) in [6.07, 6.45) is 2.88. The van der Waals surface area contributed by atoms with E-state index in [2.05, 4.69) is 12.2 Å². The third-order valence-corrected chi connectivity index (χ3v) is 5.17. The summed E-state index contributed by atoms with van der Waals surface area (Å²) in [5.41, 5.74) is 0. The van der Waals surface area contributed by atoms with Gasteiger partial charge in [-0.25, -0.2) is 9.59 Å². The Morgan fingerprint density at radius 2 is 2.11 bits per heavy atom. The molecule has 0 bridgehead atoms. The number of hydrogen-bond donors (Lipinski definition) is 2. The lowest BCUT2D eigenvalue weighted by molar-refractivity contribution is -0.141. The van der Waals surface area contributed by atoms with E-state index < -0.39 is 12.0 Å². The molecule has 18 heavy (non-hydrogen) atoms. The van der Waals surface area contributed by atoms with Gasteiger partial charge >= 0.3 is 12.0 Å². The number of urea groups is 1. The van der Waals surface area contributed by atoms with Gasteiger partial charge in [-0.3, -0.25) is 4.90 Å². The predicted molar refractivity (Wildman–Crippen MR) is 70.5 cm³/mol. The summed E-state index contributed by atoms with van der Waals surface area (Å²) in [6.45, 7) is 4.09. The lowest BCUT2D eigenvalue weighted by Crippen LogP contribution is -2.50. The van der Waals surface area contributed by atoms with E-state index in [-0.39, 0.29) is 17.4 Å². The van der Waals surface area contributed by atoms with E-state index in [1.807, 2.05) is 6.92 Å². The number of thioether (sulfide) groups is 1. The van der Waals surface area contributed by atoms with Crippen LogP contribution in [0.1, 0.15) is 33.1 Å². The SMILES string of the molecule is CCC1CC1NC(=O)N1C(CC)SCC1C(=O)O. The highest BCUT2D eigenvalue weighted by Gasteiger charge is 2.44. The normalized spacial score (nSPS) is 34.4. The van der Waals surface area contributed by atoms with E-state index in [1.165, 1.54) is 4.90 Å². The molecule has 4 unspecified atom stereocenters. The topological polar surface area (TPSA) is 69.6 Å². The largest absolute Gasteiger partial charge is 0.480 e. The molecule has 1 aliphatic carbocycles. The molecule has 1 saturated carbocycles. The zero-order chi connectivity index (χ0) is 13.3. The number of carboxylic acids is 1. The van der Waals surface area contributed by atoms with Gasteiger partial charge in [-0.15, -0.1) is 11.8 Å². The molecule has 1 aliphatic heterocycles. The molecule has 0 spiro atoms. The van der Waals surface area contributed by atoms with Gasteiger partial charge in [-0.05, 0) is 18.8 Å². The highest BCUT2D eigenvalue weighted by molar-refractivity contribution is 8.00. The van der Waals surface area contributed by atoms with E-state index in [4.69, 9.17) is 5.11 Å². The molecule has 2 fully saturated rings. The third-order valence-electron chi connectivity index (χ3n) is 3.72. The van der Waals surface area contributed by atoms with Gasteiger partial charge in [-0.2, -0.15) is 0 Å². The standard InChI is InChI=1S/C12H20N2O3S/c1-3-7-5-8(7)13-12(17)14-9(11(15)16)6-18-10(14)4-2/h7-10H,3-6H2,1-2H3,(H,13,17)(H,15,16). The van der Waals surface area contributed by atoms with Crippen LogP contribution in [0, 0.1) is 5.92 Å². The first-order chi connectivity index (χ1) is 8.58. The Balaban J connectivity index is 1.98. The van der Waals surface area contributed by atoms with E-state index in [1.54, 1.807) is 11.8 Å². The molecule has 0 radical (unpaired) electrons. The zero-order valence-corrected chi connectivity index (χ0v) is 11.6. The summed E-state index contributed by atoms with van der Waals surface area (Å²) < 4.78 is 0. The summed E-state index contributed by atoms with van der Waals surface area (Å²) in [6, 6.07) is -0.640. The van der Waals surface area contributed by atoms with Crippen LogP contribution in [0.2, 0.25) is 0 Å². The Hall–Kier alpha value is -0.910. The van der Waals surface area contributed by atoms with Crippen molar-refractivity contribution in [2.24, 2.45) is 5.92 Å². The van der Waals surface area contributed by atoms with Gasteiger partial charge in [0.25, 0.3) is 0 Å². The number of aliphatic carboxylic acids is 1. The zero-order valence-electron chi connectivity index (χ0n) is 10.8. The fraction of sp³-hybridized carbons (Fsp3) is 0.833. The van der Waals surface area contributed by atoms with Gasteiger partial charge in [0.15, 0.2) is 0 Å². The monoisotopic (exact) mass is 272 g/mol. The maximum absolute atomic E-state index is 12.2. The molecular weight excluding hydrogens is 252 g/mol. The van der Waals surface area contributed by atoms with Crippen LogP contribution in [0.25, 0.3) is 0 Å². The van der Waals surface area contributed by atoms with Crippen molar-refractivity contribution in [3.63, 3.8) is 0 Å². The second kappa shape index (κ2) is 5.38. The highest BCUT2D eigenvalue weighted by Crippen LogP contribution is 2.35. The van der Waals surface area contributed by atoms with Gasteiger partial charge in [-0.1, -0.05) is 20.3 Å². The molecule has 5 nitrogen and oxygen atoms in total. The minimum absolute atomic E-state index is 0.00933. The molecule has 2 amide bonds. The molecule has 0 aromatic heterocycles. The van der Waals surface area contributed by atoms with Crippen molar-refractivity contribution in [2.75, 3.05) is 5.75 Å². The Kier molecular flexibility index (Phi) is 4.04. The second-order valence-electron chi connectivity index (χ2n) is 4.92. The van der Waals surface area contributed by atoms with E-state index >= 15 is 0 Å². The van der Waals surface area contributed by atoms with Crippen LogP contribution in [-0.2, 0) is 4.79 Å². The first-order valence-electron chi connectivity index (χ1n) is 6.51. The van der Waals surface area contributed by atoms with Crippen molar-refractivity contribution in [3.05, 3.63) is 0 Å². The minimum Gasteiger partial charge on any atom is -0.480 e. The number of carbonyl (C=O) groups is 2. The fourth-order valence-corrected chi connectivity index (χ4v) is 3.80. The van der Waals surface area contributed by atoms with Crippen molar-refractivity contribution in [3.8, 4) is 0 Å². The Labute approximate surface area is 111 Å². The van der Waals surface area contributed by atoms with Gasteiger partial charge in [0.1, 0.15) is 6.04 Å². The van der Waals surface area contributed by atoms with Crippen LogP contribution in [0.3, 0.4) is 0 Å². The molecule has 2 N–H and O–H groups in total. The second-order valence-corrected chi connectivity index (χ2v) is 6.13. The Bertz CT molecular complexity index is 350. The molecule has 1 saturated heterocycles. The molecule has 2 aliphatic rings. The maximum Gasteiger partial charge on any atom is 0.327 e. The average molecular weight is 272 g/mol. The maximum atomic E-state index is 12.2. The van der Waals surface area contributed by atoms with Crippen LogP contribution in [-0.4, -0.2) is 45.2 Å². The summed E-state index contributed by atoms with van der Waals surface area (Å²) in [7, 11) is 0. The fourth-order valence-electron chi connectivity index (χ4n) is 2.45. The van der Waals surface area contributed by atoms with Crippen molar-refractivity contribution in [2.45, 2.75) is 50.6 Å². The summed E-state index contributed by atoms with van der Waals surface area (Å²) in [5.74, 6) is 0.160. The summed E-state index contributed by atoms with van der Waals surface area (Å²) in [5, 5.41) is 12.1. The Morgan fingerprint density at radius 1 is 1.39 bits per heavy atom. The molecule has 0 aromatic carbocycles. The number of nitrogens with one attached hydrogen (secondary N) is 1. The number of rotatable bonds is 4. The summed E-state index contributed by atoms with van der Waals surface area (Å²) >= 11 is 1.55. The lowest BCUT2D eigenvalue weighted by Gasteiger charge is -2.26. The number of carboxylic acid groups (broad SMARTS) is 1. The van der Waals surface area contributed by atoms with Crippen molar-refractivity contribution in [1.82, 2.24) is 10.2 Å². The molecule has 0 aromatic rings. The molecule has 102 valence electrons. The predicted octanol–water partition coefficient (Wildman–Crippen LogP) is 1.73. The van der Waals surface area contributed by atoms with Gasteiger partial charge in [0.2, 0.25) is 0 Å². The molecule has 6 heteroatoms. The highest BCUT2D eigenvalue weighted by atomic mass is 32.2. The lowest BCUT2D eigenvalue weighted by atomic mass is 10.2.